The smallest absolute Gasteiger partial charge is 0.273 e. The molecule has 0 saturated carbocycles. The number of carbonyl (C=O) groups excluding carboxylic acids is 1. The fourth-order valence-electron chi connectivity index (χ4n) is 1.17. The predicted octanol–water partition coefficient (Wildman–Crippen LogP) is 1.97. The molecule has 2 unspecified atom stereocenters. The topological polar surface area (TPSA) is 55.1 Å². The quantitative estimate of drug-likeness (QED) is 0.843. The van der Waals surface area contributed by atoms with Crippen LogP contribution in [0.15, 0.2) is 16.9 Å². The second kappa shape index (κ2) is 5.14. The lowest BCUT2D eigenvalue weighted by atomic mass is 10.2. The normalized spacial score (nSPS) is 14.8. The third-order valence-corrected chi connectivity index (χ3v) is 2.10. The van der Waals surface area contributed by atoms with Crippen molar-refractivity contribution in [2.45, 2.75) is 31.1 Å². The minimum absolute atomic E-state index is 0.119. The van der Waals surface area contributed by atoms with Crippen LogP contribution in [0.2, 0.25) is 0 Å². The average Bonchev–Trinajstić information content (AvgIpc) is 2.53. The van der Waals surface area contributed by atoms with Crippen LogP contribution in [0.3, 0.4) is 0 Å². The maximum absolute atomic E-state index is 11.4. The zero-order valence-electron chi connectivity index (χ0n) is 8.16. The van der Waals surface area contributed by atoms with E-state index in [-0.39, 0.29) is 11.9 Å². The molecular weight excluding hydrogens is 248 g/mol. The van der Waals surface area contributed by atoms with Crippen molar-refractivity contribution in [3.8, 4) is 0 Å². The van der Waals surface area contributed by atoms with Gasteiger partial charge in [-0.2, -0.15) is 0 Å². The van der Waals surface area contributed by atoms with E-state index in [1.165, 1.54) is 6.26 Å². The maximum atomic E-state index is 11.4. The lowest BCUT2D eigenvalue weighted by Gasteiger charge is -2.13. The standard InChI is InChI=1S/C9H13BrN2O2/c1-6(10)5-7(2)11-9(13)8-3-4-14-12-8/h3-4,6-7H,5H2,1-2H3,(H,11,13). The Morgan fingerprint density at radius 2 is 2.43 bits per heavy atom. The van der Waals surface area contributed by atoms with Crippen LogP contribution in [0.5, 0.6) is 0 Å². The number of carbonyl (C=O) groups is 1. The van der Waals surface area contributed by atoms with Crippen LogP contribution in [-0.4, -0.2) is 21.9 Å². The molecule has 0 saturated heterocycles. The summed E-state index contributed by atoms with van der Waals surface area (Å²) in [7, 11) is 0. The van der Waals surface area contributed by atoms with Gasteiger partial charge < -0.3 is 9.84 Å². The number of hydrogen-bond donors (Lipinski definition) is 1. The summed E-state index contributed by atoms with van der Waals surface area (Å²) in [5, 5.41) is 6.37. The first-order valence-corrected chi connectivity index (χ1v) is 5.36. The molecule has 1 rings (SSSR count). The molecule has 2 atom stereocenters. The van der Waals surface area contributed by atoms with E-state index < -0.39 is 0 Å². The van der Waals surface area contributed by atoms with Crippen molar-refractivity contribution in [1.29, 1.82) is 0 Å². The van der Waals surface area contributed by atoms with Gasteiger partial charge in [-0.1, -0.05) is 28.0 Å². The SMILES string of the molecule is CC(Br)CC(C)NC(=O)c1ccon1. The lowest BCUT2D eigenvalue weighted by Crippen LogP contribution is -2.34. The molecule has 1 amide bonds. The first kappa shape index (κ1) is 11.2. The number of nitrogens with zero attached hydrogens (tertiary/aromatic N) is 1. The number of amides is 1. The minimum atomic E-state index is -0.195. The van der Waals surface area contributed by atoms with Gasteiger partial charge in [0.2, 0.25) is 0 Å². The molecule has 5 heteroatoms. The van der Waals surface area contributed by atoms with Crippen molar-refractivity contribution < 1.29 is 9.32 Å². The summed E-state index contributed by atoms with van der Waals surface area (Å²) < 4.78 is 4.58. The highest BCUT2D eigenvalue weighted by molar-refractivity contribution is 9.09. The van der Waals surface area contributed by atoms with E-state index in [2.05, 4.69) is 30.9 Å². The molecule has 0 aliphatic rings. The Bertz CT molecular complexity index is 285. The molecule has 0 bridgehead atoms. The lowest BCUT2D eigenvalue weighted by molar-refractivity contribution is 0.0929. The van der Waals surface area contributed by atoms with Crippen LogP contribution in [0.4, 0.5) is 0 Å². The van der Waals surface area contributed by atoms with E-state index in [0.717, 1.165) is 6.42 Å². The van der Waals surface area contributed by atoms with Gasteiger partial charge in [0.1, 0.15) is 6.26 Å². The fourth-order valence-corrected chi connectivity index (χ4v) is 1.73. The van der Waals surface area contributed by atoms with Gasteiger partial charge >= 0.3 is 0 Å². The van der Waals surface area contributed by atoms with E-state index in [1.54, 1.807) is 6.07 Å². The van der Waals surface area contributed by atoms with E-state index in [9.17, 15) is 4.79 Å². The first-order chi connectivity index (χ1) is 6.59. The number of rotatable bonds is 4. The highest BCUT2D eigenvalue weighted by atomic mass is 79.9. The Labute approximate surface area is 91.2 Å². The van der Waals surface area contributed by atoms with Crippen molar-refractivity contribution in [2.24, 2.45) is 0 Å². The Morgan fingerprint density at radius 1 is 1.71 bits per heavy atom. The van der Waals surface area contributed by atoms with Gasteiger partial charge in [-0.25, -0.2) is 0 Å². The average molecular weight is 261 g/mol. The minimum Gasteiger partial charge on any atom is -0.364 e. The Morgan fingerprint density at radius 3 is 2.93 bits per heavy atom. The summed E-state index contributed by atoms with van der Waals surface area (Å²) in [4.78, 5) is 11.8. The fraction of sp³-hybridized carbons (Fsp3) is 0.556. The highest BCUT2D eigenvalue weighted by Crippen LogP contribution is 2.07. The molecule has 0 spiro atoms. The summed E-state index contributed by atoms with van der Waals surface area (Å²) >= 11 is 3.43. The molecule has 14 heavy (non-hydrogen) atoms. The van der Waals surface area contributed by atoms with Gasteiger partial charge in [-0.15, -0.1) is 0 Å². The predicted molar refractivity (Wildman–Crippen MR) is 56.4 cm³/mol. The molecule has 4 nitrogen and oxygen atoms in total. The molecule has 0 aromatic carbocycles. The number of nitrogens with one attached hydrogen (secondary N) is 1. The van der Waals surface area contributed by atoms with Gasteiger partial charge in [0.15, 0.2) is 5.69 Å². The number of hydrogen-bond acceptors (Lipinski definition) is 3. The van der Waals surface area contributed by atoms with Gasteiger partial charge in [-0.3, -0.25) is 4.79 Å². The zero-order chi connectivity index (χ0) is 10.6. The third kappa shape index (κ3) is 3.49. The van der Waals surface area contributed by atoms with Crippen molar-refractivity contribution in [2.75, 3.05) is 0 Å². The first-order valence-electron chi connectivity index (χ1n) is 4.45. The number of halogens is 1. The number of alkyl halides is 1. The van der Waals surface area contributed by atoms with Gasteiger partial charge in [0, 0.05) is 16.9 Å². The largest absolute Gasteiger partial charge is 0.364 e. The van der Waals surface area contributed by atoms with E-state index in [1.807, 2.05) is 13.8 Å². The van der Waals surface area contributed by atoms with Gasteiger partial charge in [-0.05, 0) is 13.3 Å². The molecule has 1 aromatic rings. The maximum Gasteiger partial charge on any atom is 0.273 e. The van der Waals surface area contributed by atoms with Crippen LogP contribution in [-0.2, 0) is 0 Å². The summed E-state index contributed by atoms with van der Waals surface area (Å²) in [6.45, 7) is 3.99. The molecule has 1 heterocycles. The van der Waals surface area contributed by atoms with Crippen LogP contribution in [0.25, 0.3) is 0 Å². The molecular formula is C9H13BrN2O2. The Kier molecular flexibility index (Phi) is 4.13. The van der Waals surface area contributed by atoms with E-state index in [4.69, 9.17) is 0 Å². The molecule has 0 fully saturated rings. The summed E-state index contributed by atoms with van der Waals surface area (Å²) in [6, 6.07) is 1.66. The summed E-state index contributed by atoms with van der Waals surface area (Å²) in [5.74, 6) is -0.195. The van der Waals surface area contributed by atoms with Crippen LogP contribution in [0.1, 0.15) is 30.8 Å². The second-order valence-electron chi connectivity index (χ2n) is 3.28. The molecule has 0 aliphatic carbocycles. The summed E-state index contributed by atoms with van der Waals surface area (Å²) in [6.07, 6.45) is 2.26. The van der Waals surface area contributed by atoms with E-state index in [0.29, 0.717) is 10.5 Å². The second-order valence-corrected chi connectivity index (χ2v) is 4.84. The van der Waals surface area contributed by atoms with Crippen molar-refractivity contribution >= 4 is 21.8 Å². The van der Waals surface area contributed by atoms with Crippen LogP contribution < -0.4 is 5.32 Å². The van der Waals surface area contributed by atoms with Gasteiger partial charge in [0.05, 0.1) is 0 Å². The third-order valence-electron chi connectivity index (χ3n) is 1.73. The summed E-state index contributed by atoms with van der Waals surface area (Å²) in [5.41, 5.74) is 0.319. The van der Waals surface area contributed by atoms with Crippen LogP contribution >= 0.6 is 15.9 Å². The number of aromatic nitrogens is 1. The molecule has 78 valence electrons. The van der Waals surface area contributed by atoms with Crippen LogP contribution in [0, 0.1) is 0 Å². The molecule has 0 aliphatic heterocycles. The van der Waals surface area contributed by atoms with Crippen molar-refractivity contribution in [1.82, 2.24) is 10.5 Å². The highest BCUT2D eigenvalue weighted by Gasteiger charge is 2.13. The molecule has 1 aromatic heterocycles. The molecule has 1 N–H and O–H groups in total. The van der Waals surface area contributed by atoms with E-state index >= 15 is 0 Å². The van der Waals surface area contributed by atoms with Crippen molar-refractivity contribution in [3.05, 3.63) is 18.0 Å². The Balaban J connectivity index is 2.41. The zero-order valence-corrected chi connectivity index (χ0v) is 9.74. The Hall–Kier alpha value is -0.840. The molecule has 0 radical (unpaired) electrons. The van der Waals surface area contributed by atoms with Gasteiger partial charge in [0.25, 0.3) is 5.91 Å². The van der Waals surface area contributed by atoms with Crippen molar-refractivity contribution in [3.63, 3.8) is 0 Å². The monoisotopic (exact) mass is 260 g/mol.